The number of nitrogens with zero attached hydrogens (tertiary/aromatic N) is 4. The van der Waals surface area contributed by atoms with Gasteiger partial charge in [0.05, 0.1) is 11.3 Å². The Bertz CT molecular complexity index is 1340. The third-order valence-corrected chi connectivity index (χ3v) is 7.99. The molecule has 198 valence electrons. The van der Waals surface area contributed by atoms with E-state index in [2.05, 4.69) is 19.7 Å². The van der Waals surface area contributed by atoms with Gasteiger partial charge in [-0.05, 0) is 70.0 Å². The van der Waals surface area contributed by atoms with E-state index in [4.69, 9.17) is 4.74 Å². The Kier molecular flexibility index (Phi) is 7.69. The van der Waals surface area contributed by atoms with Gasteiger partial charge in [-0.15, -0.1) is 0 Å². The molecule has 0 amide bonds. The van der Waals surface area contributed by atoms with Gasteiger partial charge in [-0.25, -0.2) is 23.4 Å². The number of sulfonamides is 1. The number of ether oxygens (including phenoxy) is 1. The lowest BCUT2D eigenvalue weighted by Crippen LogP contribution is -2.46. The molecule has 1 aliphatic carbocycles. The summed E-state index contributed by atoms with van der Waals surface area (Å²) in [6.07, 6.45) is -0.0910. The molecule has 2 heterocycles. The molecule has 12 heteroatoms. The van der Waals surface area contributed by atoms with Crippen LogP contribution in [-0.2, 0) is 16.2 Å². The van der Waals surface area contributed by atoms with E-state index in [1.165, 1.54) is 42.9 Å². The maximum Gasteiger partial charge on any atom is 0.416 e. The summed E-state index contributed by atoms with van der Waals surface area (Å²) in [6.45, 7) is 1.58. The highest BCUT2D eigenvalue weighted by molar-refractivity contribution is 7.92. The molecule has 37 heavy (non-hydrogen) atoms. The van der Waals surface area contributed by atoms with Crippen LogP contribution in [-0.4, -0.2) is 54.5 Å². The van der Waals surface area contributed by atoms with Crippen LogP contribution in [0.3, 0.4) is 0 Å². The number of likely N-dealkylation sites (N-methyl/N-ethyl adjacent to an activating group) is 1. The largest absolute Gasteiger partial charge is 0.473 e. The lowest BCUT2D eigenvalue weighted by molar-refractivity contribution is -0.137. The van der Waals surface area contributed by atoms with Crippen LogP contribution in [0.4, 0.5) is 19.0 Å². The van der Waals surface area contributed by atoms with Gasteiger partial charge < -0.3 is 9.64 Å². The van der Waals surface area contributed by atoms with E-state index in [0.717, 1.165) is 6.07 Å². The fraction of sp³-hybridized carbons (Fsp3) is 0.400. The molecule has 0 aliphatic heterocycles. The molecule has 1 saturated carbocycles. The molecule has 0 radical (unpaired) electrons. The normalized spacial score (nSPS) is 20.6. The van der Waals surface area contributed by atoms with Crippen LogP contribution in [0.5, 0.6) is 5.88 Å². The summed E-state index contributed by atoms with van der Waals surface area (Å²) in [5.74, 6) is 0.388. The van der Waals surface area contributed by atoms with Gasteiger partial charge in [0.2, 0.25) is 5.88 Å². The average Bonchev–Trinajstić information content (AvgIpc) is 2.84. The monoisotopic (exact) mass is 535 g/mol. The first-order chi connectivity index (χ1) is 17.4. The van der Waals surface area contributed by atoms with Gasteiger partial charge in [-0.1, -0.05) is 18.2 Å². The molecule has 0 saturated heterocycles. The van der Waals surface area contributed by atoms with E-state index in [-0.39, 0.29) is 40.4 Å². The number of benzene rings is 1. The van der Waals surface area contributed by atoms with Crippen molar-refractivity contribution in [2.45, 2.75) is 55.3 Å². The number of nitrogens with one attached hydrogen (secondary N) is 1. The third-order valence-electron chi connectivity index (χ3n) is 6.50. The smallest absolute Gasteiger partial charge is 0.416 e. The molecule has 0 bridgehead atoms. The Labute approximate surface area is 214 Å². The molecule has 8 nitrogen and oxygen atoms in total. The standard InChI is InChI=1S/C25H28F3N5O3S/c1-16-22(37(34,35)32-23-11-12-29-15-30-23)9-10-24(31-16)36-21-8-7-18(14-20(21)33(2)3)17-5-4-6-19(13-17)25(26,27)28/h4-6,9-13,15,18,20-21H,7-8,14H2,1-3H3,(H,29,30,32). The minimum atomic E-state index is -4.38. The molecule has 3 unspecified atom stereocenters. The summed E-state index contributed by atoms with van der Waals surface area (Å²) in [6, 6.07) is 9.82. The summed E-state index contributed by atoms with van der Waals surface area (Å²) < 4.78 is 73.8. The lowest BCUT2D eigenvalue weighted by atomic mass is 9.79. The first-order valence-electron chi connectivity index (χ1n) is 11.7. The van der Waals surface area contributed by atoms with E-state index in [1.54, 1.807) is 13.0 Å². The zero-order chi connectivity index (χ0) is 26.8. The SMILES string of the molecule is Cc1nc(OC2CCC(c3cccc(C(F)(F)F)c3)CC2N(C)C)ccc1S(=O)(=O)Nc1ccncn1. The van der Waals surface area contributed by atoms with Gasteiger partial charge in [-0.2, -0.15) is 13.2 Å². The Morgan fingerprint density at radius 1 is 1.11 bits per heavy atom. The number of rotatable bonds is 7. The molecule has 0 spiro atoms. The van der Waals surface area contributed by atoms with Crippen molar-refractivity contribution in [2.75, 3.05) is 18.8 Å². The minimum absolute atomic E-state index is 0.00382. The van der Waals surface area contributed by atoms with Crippen LogP contribution in [0.15, 0.2) is 59.9 Å². The fourth-order valence-electron chi connectivity index (χ4n) is 4.65. The van der Waals surface area contributed by atoms with E-state index < -0.39 is 21.8 Å². The second-order valence-electron chi connectivity index (χ2n) is 9.25. The third kappa shape index (κ3) is 6.37. The van der Waals surface area contributed by atoms with Crippen molar-refractivity contribution in [3.05, 3.63) is 71.8 Å². The predicted octanol–water partition coefficient (Wildman–Crippen LogP) is 4.64. The number of alkyl halides is 3. The number of aryl methyl sites for hydroxylation is 1. The van der Waals surface area contributed by atoms with Gasteiger partial charge in [0.15, 0.2) is 0 Å². The Morgan fingerprint density at radius 2 is 1.89 bits per heavy atom. The molecule has 1 aromatic carbocycles. The zero-order valence-electron chi connectivity index (χ0n) is 20.6. The molecule has 4 rings (SSSR count). The first kappa shape index (κ1) is 26.8. The van der Waals surface area contributed by atoms with Crippen molar-refractivity contribution in [2.24, 2.45) is 0 Å². The van der Waals surface area contributed by atoms with Gasteiger partial charge in [-0.3, -0.25) is 4.72 Å². The maximum absolute atomic E-state index is 13.2. The lowest BCUT2D eigenvalue weighted by Gasteiger charge is -2.39. The second-order valence-corrected chi connectivity index (χ2v) is 10.9. The highest BCUT2D eigenvalue weighted by Gasteiger charge is 2.36. The average molecular weight is 536 g/mol. The topological polar surface area (TPSA) is 97.3 Å². The predicted molar refractivity (Wildman–Crippen MR) is 132 cm³/mol. The minimum Gasteiger partial charge on any atom is -0.473 e. The molecule has 1 aliphatic rings. The van der Waals surface area contributed by atoms with Crippen LogP contribution in [0.2, 0.25) is 0 Å². The molecule has 3 atom stereocenters. The van der Waals surface area contributed by atoms with E-state index >= 15 is 0 Å². The van der Waals surface area contributed by atoms with Crippen LogP contribution in [0.1, 0.15) is 42.0 Å². The van der Waals surface area contributed by atoms with Crippen LogP contribution in [0.25, 0.3) is 0 Å². The number of aromatic nitrogens is 3. The molecular formula is C25H28F3N5O3S. The van der Waals surface area contributed by atoms with Gasteiger partial charge in [0.1, 0.15) is 23.1 Å². The first-order valence-corrected chi connectivity index (χ1v) is 13.2. The van der Waals surface area contributed by atoms with Crippen molar-refractivity contribution in [3.63, 3.8) is 0 Å². The second kappa shape index (κ2) is 10.6. The van der Waals surface area contributed by atoms with Crippen molar-refractivity contribution in [1.82, 2.24) is 19.9 Å². The summed E-state index contributed by atoms with van der Waals surface area (Å²) in [5.41, 5.74) is 0.284. The van der Waals surface area contributed by atoms with Crippen LogP contribution < -0.4 is 9.46 Å². The van der Waals surface area contributed by atoms with Gasteiger partial charge in [0.25, 0.3) is 10.0 Å². The highest BCUT2D eigenvalue weighted by atomic mass is 32.2. The quantitative estimate of drug-likeness (QED) is 0.471. The van der Waals surface area contributed by atoms with Crippen LogP contribution in [0, 0.1) is 6.92 Å². The molecule has 1 N–H and O–H groups in total. The van der Waals surface area contributed by atoms with Crippen molar-refractivity contribution < 1.29 is 26.3 Å². The molecule has 2 aromatic heterocycles. The highest BCUT2D eigenvalue weighted by Crippen LogP contribution is 2.38. The van der Waals surface area contributed by atoms with E-state index in [1.807, 2.05) is 19.0 Å². The summed E-state index contributed by atoms with van der Waals surface area (Å²) in [7, 11) is -0.106. The van der Waals surface area contributed by atoms with E-state index in [0.29, 0.717) is 24.8 Å². The van der Waals surface area contributed by atoms with Crippen LogP contribution >= 0.6 is 0 Å². The zero-order valence-corrected chi connectivity index (χ0v) is 21.4. The summed E-state index contributed by atoms with van der Waals surface area (Å²) >= 11 is 0. The van der Waals surface area contributed by atoms with Crippen molar-refractivity contribution in [3.8, 4) is 5.88 Å². The Morgan fingerprint density at radius 3 is 2.54 bits per heavy atom. The van der Waals surface area contributed by atoms with Crippen molar-refractivity contribution in [1.29, 1.82) is 0 Å². The number of hydrogen-bond acceptors (Lipinski definition) is 7. The van der Waals surface area contributed by atoms with Crippen molar-refractivity contribution >= 4 is 15.8 Å². The number of pyridine rings is 1. The maximum atomic E-state index is 13.2. The Hall–Kier alpha value is -3.25. The Balaban J connectivity index is 1.48. The molecule has 3 aromatic rings. The number of anilines is 1. The molecule has 1 fully saturated rings. The number of hydrogen-bond donors (Lipinski definition) is 1. The summed E-state index contributed by atoms with van der Waals surface area (Å²) in [4.78, 5) is 14.0. The van der Waals surface area contributed by atoms with E-state index in [9.17, 15) is 21.6 Å². The van der Waals surface area contributed by atoms with Gasteiger partial charge in [0, 0.05) is 18.3 Å². The molecular weight excluding hydrogens is 507 g/mol. The summed E-state index contributed by atoms with van der Waals surface area (Å²) in [5, 5.41) is 0. The van der Waals surface area contributed by atoms with Gasteiger partial charge >= 0.3 is 6.18 Å². The fourth-order valence-corrected chi connectivity index (χ4v) is 5.83. The number of halogens is 3.